The van der Waals surface area contributed by atoms with E-state index in [1.54, 1.807) is 0 Å². The lowest BCUT2D eigenvalue weighted by Gasteiger charge is -2.50. The van der Waals surface area contributed by atoms with Crippen molar-refractivity contribution >= 4 is 11.8 Å². The topological polar surface area (TPSA) is 84.8 Å². The number of aryl methyl sites for hydroxylation is 1. The highest BCUT2D eigenvalue weighted by Crippen LogP contribution is 2.53. The molecule has 0 saturated carbocycles. The van der Waals surface area contributed by atoms with E-state index in [0.29, 0.717) is 44.3 Å². The first-order valence-corrected chi connectivity index (χ1v) is 21.4. The van der Waals surface area contributed by atoms with E-state index in [0.717, 1.165) is 38.9 Å². The second kappa shape index (κ2) is 20.6. The summed E-state index contributed by atoms with van der Waals surface area (Å²) in [5, 5.41) is 13.4. The number of rotatable bonds is 18. The smallest absolute Gasteiger partial charge is 0.184 e. The molecule has 310 valence electrons. The van der Waals surface area contributed by atoms with Gasteiger partial charge in [0.25, 0.3) is 0 Å². The second-order valence-corrected chi connectivity index (χ2v) is 16.6. The highest BCUT2D eigenvalue weighted by atomic mass is 32.2. The van der Waals surface area contributed by atoms with Crippen molar-refractivity contribution in [3.05, 3.63) is 208 Å². The molecule has 0 spiro atoms. The maximum Gasteiger partial charge on any atom is 0.184 e. The van der Waals surface area contributed by atoms with Crippen molar-refractivity contribution in [1.29, 1.82) is 0 Å². The van der Waals surface area contributed by atoms with Crippen LogP contribution in [-0.4, -0.2) is 48.5 Å². The summed E-state index contributed by atoms with van der Waals surface area (Å²) in [6, 6.07) is 54.2. The van der Waals surface area contributed by atoms with Gasteiger partial charge in [0.05, 0.1) is 51.5 Å². The molecule has 8 nitrogen and oxygen atoms in total. The molecule has 1 N–H and O–H groups in total. The highest BCUT2D eigenvalue weighted by molar-refractivity contribution is 8.00. The van der Waals surface area contributed by atoms with E-state index in [1.807, 2.05) is 171 Å². The molecule has 9 heteroatoms. The Morgan fingerprint density at radius 2 is 1.02 bits per heavy atom. The van der Waals surface area contributed by atoms with Gasteiger partial charge in [0, 0.05) is 11.1 Å². The molecule has 0 aliphatic carbocycles. The predicted molar refractivity (Wildman–Crippen MR) is 233 cm³/mol. The zero-order chi connectivity index (χ0) is 41.0. The zero-order valence-corrected chi connectivity index (χ0v) is 34.7. The molecule has 0 bridgehead atoms. The third-order valence-corrected chi connectivity index (χ3v) is 12.3. The maximum absolute atomic E-state index is 13.9. The van der Waals surface area contributed by atoms with Crippen LogP contribution in [0, 0.1) is 6.92 Å². The number of thioether (sulfide) groups is 1. The summed E-state index contributed by atoms with van der Waals surface area (Å²) in [6.45, 7) is 4.71. The molecule has 0 radical (unpaired) electrons. The maximum atomic E-state index is 13.9. The quantitative estimate of drug-likeness (QED) is 0.0911. The van der Waals surface area contributed by atoms with Gasteiger partial charge in [0.2, 0.25) is 0 Å². The van der Waals surface area contributed by atoms with Crippen molar-refractivity contribution in [3.8, 4) is 5.75 Å². The van der Waals surface area contributed by atoms with E-state index in [2.05, 4.69) is 0 Å². The average molecular weight is 825 g/mol. The molecule has 5 atom stereocenters. The molecule has 0 unspecified atom stereocenters. The summed E-state index contributed by atoms with van der Waals surface area (Å²) in [5.41, 5.74) is 7.27. The number of hydrogen-bond donors (Lipinski definition) is 1. The number of hydrogen-bond acceptors (Lipinski definition) is 9. The number of benzene rings is 6. The molecule has 0 aromatic heterocycles. The first-order valence-electron chi connectivity index (χ1n) is 20.6. The SMILES string of the molecule is Cc1cc(OCc2ccccc2)c([C@]2(O)S[C@H](COCc3ccccc3)[C@@H](OCc3ccccc3)[C@H](OCc3ccccc3)[C@H]2OCc2ccccc2)cc1C1OCCO1. The van der Waals surface area contributed by atoms with E-state index >= 15 is 0 Å². The Morgan fingerprint density at radius 1 is 0.567 bits per heavy atom. The lowest BCUT2D eigenvalue weighted by molar-refractivity contribution is -0.199. The molecule has 60 heavy (non-hydrogen) atoms. The molecule has 2 aliphatic rings. The minimum atomic E-state index is -1.75. The van der Waals surface area contributed by atoms with Crippen molar-refractivity contribution in [2.24, 2.45) is 0 Å². The number of ether oxygens (including phenoxy) is 7. The minimum Gasteiger partial charge on any atom is -0.488 e. The van der Waals surface area contributed by atoms with Crippen LogP contribution in [0.15, 0.2) is 164 Å². The van der Waals surface area contributed by atoms with E-state index in [-0.39, 0.29) is 19.8 Å². The summed E-state index contributed by atoms with van der Waals surface area (Å²) in [6.07, 6.45) is -2.90. The third-order valence-electron chi connectivity index (χ3n) is 10.8. The summed E-state index contributed by atoms with van der Waals surface area (Å²) in [5.74, 6) is 0.524. The fraction of sp³-hybridized carbons (Fsp3) is 0.294. The van der Waals surface area contributed by atoms with Crippen LogP contribution >= 0.6 is 11.8 Å². The summed E-state index contributed by atoms with van der Waals surface area (Å²) in [4.78, 5) is -1.75. The molecule has 0 amide bonds. The Bertz CT molecular complexity index is 2190. The standard InChI is InChI=1S/C51H52O8S/c1-37-29-45(56-32-39-19-9-3-10-20-39)44(30-43(37)50-54-27-28-55-50)51(52)49(59-35-42-25-15-6-16-26-42)48(58-34-41-23-13-5-14-24-41)47(57-33-40-21-11-4-12-22-40)46(60-51)36-53-31-38-17-7-2-8-18-38/h2-26,29-30,46-50,52H,27-28,31-36H2,1H3/t46-,47-,48+,49-,51+/m1/s1. The predicted octanol–water partition coefficient (Wildman–Crippen LogP) is 9.85. The molecular weight excluding hydrogens is 773 g/mol. The van der Waals surface area contributed by atoms with Gasteiger partial charge in [-0.15, -0.1) is 11.8 Å². The van der Waals surface area contributed by atoms with Gasteiger partial charge in [-0.25, -0.2) is 0 Å². The van der Waals surface area contributed by atoms with Gasteiger partial charge < -0.3 is 38.3 Å². The third kappa shape index (κ3) is 10.5. The van der Waals surface area contributed by atoms with Crippen molar-refractivity contribution < 1.29 is 38.3 Å². The first kappa shape index (κ1) is 41.9. The van der Waals surface area contributed by atoms with Gasteiger partial charge in [-0.2, -0.15) is 0 Å². The molecule has 2 saturated heterocycles. The lowest BCUT2D eigenvalue weighted by atomic mass is 9.90. The van der Waals surface area contributed by atoms with Gasteiger partial charge in [-0.1, -0.05) is 152 Å². The Balaban J connectivity index is 1.25. The fourth-order valence-electron chi connectivity index (χ4n) is 7.69. The molecule has 2 heterocycles. The normalized spacial score (nSPS) is 21.8. The Hall–Kier alpha value is -4.81. The van der Waals surface area contributed by atoms with E-state index in [4.69, 9.17) is 33.2 Å². The molecule has 2 fully saturated rings. The largest absolute Gasteiger partial charge is 0.488 e. The van der Waals surface area contributed by atoms with E-state index in [9.17, 15) is 5.11 Å². The molecule has 6 aromatic rings. The lowest BCUT2D eigenvalue weighted by Crippen LogP contribution is -2.61. The molecule has 2 aliphatic heterocycles. The minimum absolute atomic E-state index is 0.216. The summed E-state index contributed by atoms with van der Waals surface area (Å²) < 4.78 is 46.4. The van der Waals surface area contributed by atoms with Gasteiger partial charge >= 0.3 is 0 Å². The Morgan fingerprint density at radius 3 is 1.53 bits per heavy atom. The first-order chi connectivity index (χ1) is 29.5. The molecular formula is C51H52O8S. The average Bonchev–Trinajstić information content (AvgIpc) is 3.84. The van der Waals surface area contributed by atoms with Crippen LogP contribution in [0.4, 0.5) is 0 Å². The van der Waals surface area contributed by atoms with Gasteiger partial charge in [-0.05, 0) is 52.4 Å². The van der Waals surface area contributed by atoms with E-state index in [1.165, 1.54) is 11.8 Å². The number of aliphatic hydroxyl groups is 1. The van der Waals surface area contributed by atoms with Crippen molar-refractivity contribution in [2.75, 3.05) is 19.8 Å². The van der Waals surface area contributed by atoms with Crippen molar-refractivity contribution in [1.82, 2.24) is 0 Å². The fourth-order valence-corrected chi connectivity index (χ4v) is 9.31. The van der Waals surface area contributed by atoms with Crippen LogP contribution in [0.2, 0.25) is 0 Å². The van der Waals surface area contributed by atoms with Gasteiger partial charge in [-0.3, -0.25) is 0 Å². The van der Waals surface area contributed by atoms with Crippen molar-refractivity contribution in [2.45, 2.75) is 74.7 Å². The van der Waals surface area contributed by atoms with Crippen molar-refractivity contribution in [3.63, 3.8) is 0 Å². The van der Waals surface area contributed by atoms with Crippen LogP contribution < -0.4 is 4.74 Å². The monoisotopic (exact) mass is 824 g/mol. The van der Waals surface area contributed by atoms with Crippen LogP contribution in [0.5, 0.6) is 5.75 Å². The second-order valence-electron chi connectivity index (χ2n) is 15.1. The summed E-state index contributed by atoms with van der Waals surface area (Å²) in [7, 11) is 0. The van der Waals surface area contributed by atoms with Gasteiger partial charge in [0.1, 0.15) is 30.7 Å². The van der Waals surface area contributed by atoms with Gasteiger partial charge in [0.15, 0.2) is 11.2 Å². The summed E-state index contributed by atoms with van der Waals surface area (Å²) >= 11 is 1.37. The Kier molecular flexibility index (Phi) is 14.4. The van der Waals surface area contributed by atoms with Crippen LogP contribution in [0.1, 0.15) is 50.8 Å². The van der Waals surface area contributed by atoms with Crippen LogP contribution in [0.25, 0.3) is 0 Å². The van der Waals surface area contributed by atoms with Crippen LogP contribution in [0.3, 0.4) is 0 Å². The molecule has 6 aromatic carbocycles. The molecule has 8 rings (SSSR count). The highest BCUT2D eigenvalue weighted by Gasteiger charge is 2.58. The van der Waals surface area contributed by atoms with Crippen LogP contribution in [-0.2, 0) is 66.4 Å². The van der Waals surface area contributed by atoms with E-state index < -0.39 is 34.8 Å². The zero-order valence-electron chi connectivity index (χ0n) is 33.8. The Labute approximate surface area is 357 Å².